The Bertz CT molecular complexity index is 1010. The molecule has 1 atom stereocenters. The summed E-state index contributed by atoms with van der Waals surface area (Å²) < 4.78 is 21.7. The van der Waals surface area contributed by atoms with Gasteiger partial charge in [0.25, 0.3) is 0 Å². The van der Waals surface area contributed by atoms with Gasteiger partial charge in [-0.1, -0.05) is 23.7 Å². The van der Waals surface area contributed by atoms with Crippen LogP contribution in [0.4, 0.5) is 0 Å². The summed E-state index contributed by atoms with van der Waals surface area (Å²) in [7, 11) is 1.59. The molecule has 1 aliphatic heterocycles. The number of fused-ring (bicyclic) bond motifs is 2. The van der Waals surface area contributed by atoms with Crippen molar-refractivity contribution < 1.29 is 23.7 Å². The Hall–Kier alpha value is -2.99. The van der Waals surface area contributed by atoms with Gasteiger partial charge < -0.3 is 18.9 Å². The Labute approximate surface area is 160 Å². The average molecular weight is 386 g/mol. The summed E-state index contributed by atoms with van der Waals surface area (Å²) >= 11 is 6.24. The second kappa shape index (κ2) is 7.32. The van der Waals surface area contributed by atoms with Gasteiger partial charge in [0.05, 0.1) is 12.6 Å². The van der Waals surface area contributed by atoms with E-state index >= 15 is 0 Å². The van der Waals surface area contributed by atoms with Crippen molar-refractivity contribution in [2.45, 2.75) is 12.7 Å². The number of hydrogen-bond donors (Lipinski definition) is 0. The Kier molecular flexibility index (Phi) is 4.73. The monoisotopic (exact) mass is 385 g/mol. The molecule has 0 saturated heterocycles. The van der Waals surface area contributed by atoms with Gasteiger partial charge in [-0.15, -0.1) is 0 Å². The summed E-state index contributed by atoms with van der Waals surface area (Å²) in [5.41, 5.74) is 1.31. The molecular formula is C20H16ClNO5. The number of halogens is 1. The number of pyridine rings is 1. The molecule has 2 aromatic carbocycles. The van der Waals surface area contributed by atoms with Gasteiger partial charge in [0.2, 0.25) is 6.10 Å². The zero-order valence-electron chi connectivity index (χ0n) is 14.5. The van der Waals surface area contributed by atoms with Crippen LogP contribution in [-0.4, -0.2) is 30.8 Å². The van der Waals surface area contributed by atoms with Gasteiger partial charge in [-0.3, -0.25) is 0 Å². The second-order valence-electron chi connectivity index (χ2n) is 5.97. The molecule has 27 heavy (non-hydrogen) atoms. The Morgan fingerprint density at radius 3 is 2.85 bits per heavy atom. The molecule has 3 aromatic rings. The van der Waals surface area contributed by atoms with E-state index in [4.69, 9.17) is 30.5 Å². The zero-order chi connectivity index (χ0) is 18.8. The zero-order valence-corrected chi connectivity index (χ0v) is 15.2. The van der Waals surface area contributed by atoms with E-state index in [1.807, 2.05) is 30.3 Å². The van der Waals surface area contributed by atoms with E-state index in [1.54, 1.807) is 25.3 Å². The molecule has 1 aromatic heterocycles. The van der Waals surface area contributed by atoms with Crippen molar-refractivity contribution in [3.8, 4) is 17.2 Å². The molecule has 0 saturated carbocycles. The lowest BCUT2D eigenvalue weighted by Gasteiger charge is -2.25. The quantitative estimate of drug-likeness (QED) is 0.503. The molecule has 0 spiro atoms. The molecule has 0 bridgehead atoms. The third-order valence-corrected chi connectivity index (χ3v) is 4.52. The van der Waals surface area contributed by atoms with Crippen molar-refractivity contribution in [1.29, 1.82) is 0 Å². The first-order chi connectivity index (χ1) is 13.1. The number of ether oxygens (including phenoxy) is 4. The Balaban J connectivity index is 1.45. The number of para-hydroxylation sites is 2. The van der Waals surface area contributed by atoms with Crippen molar-refractivity contribution in [2.75, 3.05) is 13.7 Å². The van der Waals surface area contributed by atoms with Crippen LogP contribution >= 0.6 is 11.6 Å². The summed E-state index contributed by atoms with van der Waals surface area (Å²) in [6.45, 7) is 0.0908. The normalized spacial score (nSPS) is 15.4. The molecule has 0 radical (unpaired) electrons. The fourth-order valence-corrected chi connectivity index (χ4v) is 2.97. The van der Waals surface area contributed by atoms with E-state index in [1.165, 1.54) is 0 Å². The van der Waals surface area contributed by atoms with Crippen LogP contribution < -0.4 is 14.2 Å². The maximum absolute atomic E-state index is 12.3. The predicted molar refractivity (Wildman–Crippen MR) is 99.5 cm³/mol. The van der Waals surface area contributed by atoms with Crippen LogP contribution in [0.3, 0.4) is 0 Å². The van der Waals surface area contributed by atoms with Crippen LogP contribution in [0.2, 0.25) is 5.15 Å². The van der Waals surface area contributed by atoms with Gasteiger partial charge in [0.15, 0.2) is 11.5 Å². The number of hydrogen-bond acceptors (Lipinski definition) is 6. The number of esters is 1. The van der Waals surface area contributed by atoms with Gasteiger partial charge in [-0.05, 0) is 30.3 Å². The van der Waals surface area contributed by atoms with E-state index in [0.29, 0.717) is 28.3 Å². The van der Waals surface area contributed by atoms with E-state index in [-0.39, 0.29) is 18.4 Å². The SMILES string of the molecule is COc1ccc2cc(COC(=O)C3COc4ccccc4O3)c(Cl)nc2c1. The van der Waals surface area contributed by atoms with Gasteiger partial charge >= 0.3 is 5.97 Å². The highest BCUT2D eigenvalue weighted by Crippen LogP contribution is 2.31. The maximum atomic E-state index is 12.3. The molecule has 1 unspecified atom stereocenters. The molecule has 6 nitrogen and oxygen atoms in total. The number of nitrogens with zero attached hydrogens (tertiary/aromatic N) is 1. The predicted octanol–water partition coefficient (Wildman–Crippen LogP) is 3.78. The highest BCUT2D eigenvalue weighted by Gasteiger charge is 2.28. The smallest absolute Gasteiger partial charge is 0.351 e. The fraction of sp³-hybridized carbons (Fsp3) is 0.200. The molecule has 0 amide bonds. The molecule has 1 aliphatic rings. The lowest BCUT2D eigenvalue weighted by Crippen LogP contribution is -2.37. The first-order valence-electron chi connectivity index (χ1n) is 8.32. The van der Waals surface area contributed by atoms with Crippen LogP contribution in [0.1, 0.15) is 5.56 Å². The van der Waals surface area contributed by atoms with E-state index < -0.39 is 12.1 Å². The Morgan fingerprint density at radius 2 is 2.04 bits per heavy atom. The lowest BCUT2D eigenvalue weighted by atomic mass is 10.1. The second-order valence-corrected chi connectivity index (χ2v) is 6.33. The number of carbonyl (C=O) groups excluding carboxylic acids is 1. The topological polar surface area (TPSA) is 66.9 Å². The number of benzene rings is 2. The summed E-state index contributed by atoms with van der Waals surface area (Å²) in [4.78, 5) is 16.7. The first-order valence-corrected chi connectivity index (χ1v) is 8.70. The number of rotatable bonds is 4. The molecular weight excluding hydrogens is 370 g/mol. The number of carbonyl (C=O) groups is 1. The standard InChI is InChI=1S/C20H16ClNO5/c1-24-14-7-6-12-8-13(19(21)22-15(12)9-14)10-26-20(23)18-11-25-16-4-2-3-5-17(16)27-18/h2-9,18H,10-11H2,1H3. The van der Waals surface area contributed by atoms with Crippen molar-refractivity contribution in [3.05, 3.63) is 59.2 Å². The van der Waals surface area contributed by atoms with E-state index in [9.17, 15) is 4.79 Å². The lowest BCUT2D eigenvalue weighted by molar-refractivity contribution is -0.155. The average Bonchev–Trinajstić information content (AvgIpc) is 2.71. The summed E-state index contributed by atoms with van der Waals surface area (Å²) in [6.07, 6.45) is -0.823. The molecule has 4 rings (SSSR count). The Morgan fingerprint density at radius 1 is 1.22 bits per heavy atom. The van der Waals surface area contributed by atoms with Crippen molar-refractivity contribution in [3.63, 3.8) is 0 Å². The van der Waals surface area contributed by atoms with Crippen LogP contribution in [0.25, 0.3) is 10.9 Å². The highest BCUT2D eigenvalue weighted by atomic mass is 35.5. The molecule has 7 heteroatoms. The van der Waals surface area contributed by atoms with Crippen LogP contribution in [0, 0.1) is 0 Å². The number of aromatic nitrogens is 1. The number of methoxy groups -OCH3 is 1. The minimum absolute atomic E-state index is 0.00581. The third-order valence-electron chi connectivity index (χ3n) is 4.19. The molecule has 0 aliphatic carbocycles. The van der Waals surface area contributed by atoms with E-state index in [2.05, 4.69) is 4.98 Å². The maximum Gasteiger partial charge on any atom is 0.351 e. The van der Waals surface area contributed by atoms with Gasteiger partial charge in [-0.25, -0.2) is 9.78 Å². The van der Waals surface area contributed by atoms with Gasteiger partial charge in [0.1, 0.15) is 24.1 Å². The molecule has 2 heterocycles. The fourth-order valence-electron chi connectivity index (χ4n) is 2.77. The first kappa shape index (κ1) is 17.4. The minimum atomic E-state index is -0.823. The summed E-state index contributed by atoms with van der Waals surface area (Å²) in [6, 6.07) is 14.5. The van der Waals surface area contributed by atoms with Crippen LogP contribution in [-0.2, 0) is 16.1 Å². The van der Waals surface area contributed by atoms with Crippen LogP contribution in [0.5, 0.6) is 17.2 Å². The summed E-state index contributed by atoms with van der Waals surface area (Å²) in [5.74, 6) is 1.30. The highest BCUT2D eigenvalue weighted by molar-refractivity contribution is 6.30. The molecule has 0 fully saturated rings. The summed E-state index contributed by atoms with van der Waals surface area (Å²) in [5, 5.41) is 1.15. The third kappa shape index (κ3) is 3.61. The largest absolute Gasteiger partial charge is 0.497 e. The molecule has 138 valence electrons. The molecule has 0 N–H and O–H groups in total. The van der Waals surface area contributed by atoms with Crippen molar-refractivity contribution in [1.82, 2.24) is 4.98 Å². The van der Waals surface area contributed by atoms with Crippen molar-refractivity contribution in [2.24, 2.45) is 0 Å². The van der Waals surface area contributed by atoms with Gasteiger partial charge in [0, 0.05) is 17.0 Å². The van der Waals surface area contributed by atoms with E-state index in [0.717, 1.165) is 5.39 Å². The van der Waals surface area contributed by atoms with Gasteiger partial charge in [-0.2, -0.15) is 0 Å². The van der Waals surface area contributed by atoms with Crippen LogP contribution in [0.15, 0.2) is 48.5 Å². The minimum Gasteiger partial charge on any atom is -0.497 e. The van der Waals surface area contributed by atoms with Crippen molar-refractivity contribution >= 4 is 28.5 Å².